The molecular weight excluding hydrogens is 418 g/mol. The Labute approximate surface area is 194 Å². The maximum atomic E-state index is 6.03. The van der Waals surface area contributed by atoms with Crippen LogP contribution >= 0.6 is 11.6 Å². The highest BCUT2D eigenvalue weighted by Crippen LogP contribution is 2.25. The molecule has 32 heavy (non-hydrogen) atoms. The molecular formula is C26H28ClN5. The van der Waals surface area contributed by atoms with Crippen LogP contribution < -0.4 is 10.2 Å². The van der Waals surface area contributed by atoms with E-state index in [1.54, 1.807) is 0 Å². The first kappa shape index (κ1) is 22.1. The maximum Gasteiger partial charge on any atom is 0.228 e. The first-order valence-electron chi connectivity index (χ1n) is 10.8. The van der Waals surface area contributed by atoms with Gasteiger partial charge in [0.15, 0.2) is 0 Å². The molecule has 1 N–H and O–H groups in total. The van der Waals surface area contributed by atoms with Crippen molar-refractivity contribution in [3.8, 4) is 0 Å². The van der Waals surface area contributed by atoms with E-state index in [4.69, 9.17) is 21.6 Å². The summed E-state index contributed by atoms with van der Waals surface area (Å²) in [5.74, 6) is 1.57. The smallest absolute Gasteiger partial charge is 0.228 e. The molecule has 0 aliphatic carbocycles. The third-order valence-electron chi connectivity index (χ3n) is 5.28. The molecule has 3 aromatic carbocycles. The second kappa shape index (κ2) is 10.4. The number of aromatic nitrogens is 2. The van der Waals surface area contributed by atoms with Crippen LogP contribution in [0.15, 0.2) is 78.9 Å². The van der Waals surface area contributed by atoms with Gasteiger partial charge >= 0.3 is 0 Å². The average Bonchev–Trinajstić information content (AvgIpc) is 2.81. The Kier molecular flexibility index (Phi) is 7.20. The lowest BCUT2D eigenvalue weighted by Gasteiger charge is -2.25. The molecule has 0 aliphatic heterocycles. The van der Waals surface area contributed by atoms with Crippen LogP contribution in [0, 0.1) is 0 Å². The fraction of sp³-hybridized carbons (Fsp3) is 0.231. The third-order valence-corrected chi connectivity index (χ3v) is 5.53. The molecule has 4 rings (SSSR count). The van der Waals surface area contributed by atoms with E-state index in [1.807, 2.05) is 48.5 Å². The minimum absolute atomic E-state index is 0.661. The molecule has 0 saturated carbocycles. The Morgan fingerprint density at radius 1 is 0.781 bits per heavy atom. The number of hydrogen-bond donors (Lipinski definition) is 1. The van der Waals surface area contributed by atoms with Gasteiger partial charge in [0.25, 0.3) is 0 Å². The molecule has 5 nitrogen and oxygen atoms in total. The van der Waals surface area contributed by atoms with Crippen molar-refractivity contribution in [2.45, 2.75) is 13.1 Å². The van der Waals surface area contributed by atoms with Gasteiger partial charge in [-0.2, -0.15) is 4.98 Å². The van der Waals surface area contributed by atoms with E-state index in [0.29, 0.717) is 6.54 Å². The molecule has 164 valence electrons. The predicted octanol–water partition coefficient (Wildman–Crippen LogP) is 5.46. The molecule has 1 heterocycles. The van der Waals surface area contributed by atoms with Crippen molar-refractivity contribution in [2.75, 3.05) is 37.4 Å². The van der Waals surface area contributed by atoms with Crippen LogP contribution in [0.25, 0.3) is 10.9 Å². The predicted molar refractivity (Wildman–Crippen MR) is 134 cm³/mol. The maximum absolute atomic E-state index is 6.03. The number of halogens is 1. The molecule has 0 radical (unpaired) electrons. The van der Waals surface area contributed by atoms with E-state index in [9.17, 15) is 0 Å². The molecule has 0 spiro atoms. The first-order valence-corrected chi connectivity index (χ1v) is 11.1. The first-order chi connectivity index (χ1) is 15.6. The summed E-state index contributed by atoms with van der Waals surface area (Å²) in [4.78, 5) is 14.3. The lowest BCUT2D eigenvalue weighted by molar-refractivity contribution is 0.411. The monoisotopic (exact) mass is 445 g/mol. The van der Waals surface area contributed by atoms with Crippen LogP contribution in [0.4, 0.5) is 11.8 Å². The highest BCUT2D eigenvalue weighted by atomic mass is 35.5. The van der Waals surface area contributed by atoms with E-state index in [1.165, 1.54) is 5.56 Å². The average molecular weight is 446 g/mol. The summed E-state index contributed by atoms with van der Waals surface area (Å²) in [6.07, 6.45) is 0. The van der Waals surface area contributed by atoms with Crippen LogP contribution in [0.5, 0.6) is 0 Å². The van der Waals surface area contributed by atoms with Crippen molar-refractivity contribution in [1.29, 1.82) is 0 Å². The van der Waals surface area contributed by atoms with Gasteiger partial charge < -0.3 is 15.1 Å². The molecule has 0 bridgehead atoms. The van der Waals surface area contributed by atoms with E-state index in [-0.39, 0.29) is 0 Å². The summed E-state index contributed by atoms with van der Waals surface area (Å²) in [5, 5.41) is 5.26. The van der Waals surface area contributed by atoms with Crippen molar-refractivity contribution >= 4 is 34.3 Å². The minimum Gasteiger partial charge on any atom is -0.365 e. The lowest BCUT2D eigenvalue weighted by Crippen LogP contribution is -2.32. The number of para-hydroxylation sites is 1. The molecule has 0 amide bonds. The second-order valence-electron chi connectivity index (χ2n) is 8.08. The molecule has 0 saturated heterocycles. The van der Waals surface area contributed by atoms with Crippen LogP contribution in [-0.4, -0.2) is 42.1 Å². The van der Waals surface area contributed by atoms with E-state index >= 15 is 0 Å². The molecule has 0 fully saturated rings. The van der Waals surface area contributed by atoms with E-state index < -0.39 is 0 Å². The zero-order valence-electron chi connectivity index (χ0n) is 18.5. The van der Waals surface area contributed by atoms with Gasteiger partial charge in [0, 0.05) is 36.6 Å². The highest BCUT2D eigenvalue weighted by molar-refractivity contribution is 6.30. The summed E-state index contributed by atoms with van der Waals surface area (Å²) in [6.45, 7) is 3.16. The molecule has 6 heteroatoms. The Hall–Kier alpha value is -3.15. The van der Waals surface area contributed by atoms with Crippen LogP contribution in [-0.2, 0) is 13.1 Å². The number of benzene rings is 3. The Morgan fingerprint density at radius 3 is 2.25 bits per heavy atom. The molecule has 0 unspecified atom stereocenters. The molecule has 0 aliphatic rings. The van der Waals surface area contributed by atoms with E-state index in [0.717, 1.165) is 52.9 Å². The van der Waals surface area contributed by atoms with Crippen molar-refractivity contribution in [3.63, 3.8) is 0 Å². The highest BCUT2D eigenvalue weighted by Gasteiger charge is 2.15. The largest absolute Gasteiger partial charge is 0.365 e. The fourth-order valence-corrected chi connectivity index (χ4v) is 3.63. The van der Waals surface area contributed by atoms with E-state index in [2.05, 4.69) is 59.5 Å². The van der Waals surface area contributed by atoms with Crippen molar-refractivity contribution in [3.05, 3.63) is 95.0 Å². The van der Waals surface area contributed by atoms with Gasteiger partial charge in [-0.3, -0.25) is 0 Å². The minimum atomic E-state index is 0.661. The summed E-state index contributed by atoms with van der Waals surface area (Å²) in [7, 11) is 4.17. The standard InChI is InChI=1S/C26H28ClN5/c1-31(2)16-17-32(19-21-8-4-3-5-9-21)26-29-24-11-7-6-10-23(24)25(30-26)28-18-20-12-14-22(27)15-13-20/h3-15H,16-19H2,1-2H3,(H,28,29,30). The van der Waals surface area contributed by atoms with Gasteiger partial charge in [-0.1, -0.05) is 66.2 Å². The Morgan fingerprint density at radius 2 is 1.50 bits per heavy atom. The Balaban J connectivity index is 1.66. The van der Waals surface area contributed by atoms with Crippen LogP contribution in [0.1, 0.15) is 11.1 Å². The normalized spacial score (nSPS) is 11.1. The number of nitrogens with one attached hydrogen (secondary N) is 1. The SMILES string of the molecule is CN(C)CCN(Cc1ccccc1)c1nc(NCc2ccc(Cl)cc2)c2ccccc2n1. The fourth-order valence-electron chi connectivity index (χ4n) is 3.50. The van der Waals surface area contributed by atoms with Gasteiger partial charge in [0.05, 0.1) is 5.52 Å². The number of hydrogen-bond acceptors (Lipinski definition) is 5. The van der Waals surface area contributed by atoms with Crippen molar-refractivity contribution < 1.29 is 0 Å². The quantitative estimate of drug-likeness (QED) is 0.370. The summed E-state index contributed by atoms with van der Waals surface area (Å²) >= 11 is 6.03. The summed E-state index contributed by atoms with van der Waals surface area (Å²) < 4.78 is 0. The van der Waals surface area contributed by atoms with Crippen LogP contribution in [0.2, 0.25) is 5.02 Å². The van der Waals surface area contributed by atoms with Crippen molar-refractivity contribution in [1.82, 2.24) is 14.9 Å². The number of anilines is 2. The number of nitrogens with zero attached hydrogens (tertiary/aromatic N) is 4. The zero-order valence-corrected chi connectivity index (χ0v) is 19.3. The van der Waals surface area contributed by atoms with Gasteiger partial charge in [-0.25, -0.2) is 4.98 Å². The number of rotatable bonds is 9. The summed E-state index contributed by atoms with van der Waals surface area (Å²) in [5.41, 5.74) is 3.31. The lowest BCUT2D eigenvalue weighted by atomic mass is 10.2. The zero-order chi connectivity index (χ0) is 22.3. The van der Waals surface area contributed by atoms with Crippen molar-refractivity contribution in [2.24, 2.45) is 0 Å². The Bertz CT molecular complexity index is 1150. The second-order valence-corrected chi connectivity index (χ2v) is 8.52. The van der Waals surface area contributed by atoms with Gasteiger partial charge in [0.2, 0.25) is 5.95 Å². The number of fused-ring (bicyclic) bond motifs is 1. The number of likely N-dealkylation sites (N-methyl/N-ethyl adjacent to an activating group) is 1. The molecule has 0 atom stereocenters. The third kappa shape index (κ3) is 5.75. The molecule has 1 aromatic heterocycles. The van der Waals surface area contributed by atoms with Gasteiger partial charge in [-0.05, 0) is 49.5 Å². The van der Waals surface area contributed by atoms with Crippen LogP contribution in [0.3, 0.4) is 0 Å². The topological polar surface area (TPSA) is 44.3 Å². The summed E-state index contributed by atoms with van der Waals surface area (Å²) in [6, 6.07) is 26.5. The molecule has 4 aromatic rings. The van der Waals surface area contributed by atoms with Gasteiger partial charge in [-0.15, -0.1) is 0 Å². The van der Waals surface area contributed by atoms with Gasteiger partial charge in [0.1, 0.15) is 5.82 Å².